The molecular weight excluding hydrogens is 356 g/mol. The highest BCUT2D eigenvalue weighted by atomic mass is 16.5. The maximum absolute atomic E-state index is 13.2. The number of nitriles is 1. The molecule has 0 aromatic rings. The Bertz CT molecular complexity index is 593. The number of carbonyl (C=O) groups excluding carboxylic acids is 2. The Labute approximate surface area is 168 Å². The highest BCUT2D eigenvalue weighted by Crippen LogP contribution is 2.31. The van der Waals surface area contributed by atoms with E-state index in [-0.39, 0.29) is 24.2 Å². The van der Waals surface area contributed by atoms with Gasteiger partial charge < -0.3 is 19.9 Å². The van der Waals surface area contributed by atoms with Gasteiger partial charge in [0.15, 0.2) is 0 Å². The molecule has 7 nitrogen and oxygen atoms in total. The van der Waals surface area contributed by atoms with Crippen LogP contribution in [0.4, 0.5) is 0 Å². The van der Waals surface area contributed by atoms with E-state index in [1.807, 2.05) is 11.9 Å². The third-order valence-corrected chi connectivity index (χ3v) is 6.53. The summed E-state index contributed by atoms with van der Waals surface area (Å²) in [6.07, 6.45) is 7.60. The lowest BCUT2D eigenvalue weighted by molar-refractivity contribution is -0.140. The Morgan fingerprint density at radius 3 is 2.54 bits per heavy atom. The van der Waals surface area contributed by atoms with Gasteiger partial charge in [-0.3, -0.25) is 9.59 Å². The van der Waals surface area contributed by atoms with Crippen LogP contribution in [0.2, 0.25) is 0 Å². The molecule has 3 aliphatic rings. The molecule has 3 rings (SSSR count). The summed E-state index contributed by atoms with van der Waals surface area (Å²) in [5, 5.41) is 12.7. The second kappa shape index (κ2) is 9.71. The number of ether oxygens (including phenoxy) is 1. The number of amides is 2. The first-order chi connectivity index (χ1) is 13.5. The van der Waals surface area contributed by atoms with Crippen LogP contribution in [0.15, 0.2) is 0 Å². The van der Waals surface area contributed by atoms with Crippen LogP contribution in [-0.2, 0) is 14.3 Å². The molecule has 3 fully saturated rings. The molecule has 1 aliphatic carbocycles. The fraction of sp³-hybridized carbons (Fsp3) is 0.857. The van der Waals surface area contributed by atoms with E-state index in [0.717, 1.165) is 25.8 Å². The average molecular weight is 391 g/mol. The molecule has 2 atom stereocenters. The van der Waals surface area contributed by atoms with Gasteiger partial charge in [-0.2, -0.15) is 5.26 Å². The van der Waals surface area contributed by atoms with Crippen LogP contribution in [0.1, 0.15) is 51.4 Å². The molecule has 1 N–H and O–H groups in total. The summed E-state index contributed by atoms with van der Waals surface area (Å²) >= 11 is 0. The standard InChI is InChI=1S/C21H34N4O3/c1-24-8-7-21(15-22,16-24)23-20(27)18(13-17-5-3-2-4-6-17)14-19(26)25-9-11-28-12-10-25/h17-18H,2-14,16H2,1H3,(H,23,27)/t18-,21+/m1/s1. The van der Waals surface area contributed by atoms with Gasteiger partial charge in [0.1, 0.15) is 5.54 Å². The van der Waals surface area contributed by atoms with Crippen LogP contribution in [0, 0.1) is 23.2 Å². The molecule has 156 valence electrons. The van der Waals surface area contributed by atoms with Gasteiger partial charge in [-0.1, -0.05) is 32.1 Å². The number of carbonyl (C=O) groups is 2. The number of morpholine rings is 1. The Kier molecular flexibility index (Phi) is 7.30. The zero-order valence-electron chi connectivity index (χ0n) is 17.1. The zero-order chi connectivity index (χ0) is 20.0. The largest absolute Gasteiger partial charge is 0.378 e. The molecule has 0 radical (unpaired) electrons. The maximum atomic E-state index is 13.2. The van der Waals surface area contributed by atoms with Crippen LogP contribution < -0.4 is 5.32 Å². The van der Waals surface area contributed by atoms with Crippen molar-refractivity contribution in [3.63, 3.8) is 0 Å². The lowest BCUT2D eigenvalue weighted by Gasteiger charge is -2.31. The van der Waals surface area contributed by atoms with Crippen molar-refractivity contribution >= 4 is 11.8 Å². The summed E-state index contributed by atoms with van der Waals surface area (Å²) in [6.45, 7) is 3.67. The predicted molar refractivity (Wildman–Crippen MR) is 105 cm³/mol. The summed E-state index contributed by atoms with van der Waals surface area (Å²) in [7, 11) is 1.96. The average Bonchev–Trinajstić information content (AvgIpc) is 3.09. The third-order valence-electron chi connectivity index (χ3n) is 6.53. The monoisotopic (exact) mass is 390 g/mol. The lowest BCUT2D eigenvalue weighted by Crippen LogP contribution is -2.52. The van der Waals surface area contributed by atoms with Gasteiger partial charge in [-0.15, -0.1) is 0 Å². The van der Waals surface area contributed by atoms with Crippen molar-refractivity contribution in [2.45, 2.75) is 56.9 Å². The van der Waals surface area contributed by atoms with Crippen molar-refractivity contribution in [2.75, 3.05) is 46.4 Å². The van der Waals surface area contributed by atoms with E-state index < -0.39 is 5.54 Å². The normalized spacial score (nSPS) is 27.9. The summed E-state index contributed by atoms with van der Waals surface area (Å²) < 4.78 is 5.34. The van der Waals surface area contributed by atoms with Crippen molar-refractivity contribution in [3.8, 4) is 6.07 Å². The molecule has 0 unspecified atom stereocenters. The number of hydrogen-bond donors (Lipinski definition) is 1. The number of likely N-dealkylation sites (N-methyl/N-ethyl adjacent to an activating group) is 1. The van der Waals surface area contributed by atoms with E-state index in [1.54, 1.807) is 0 Å². The number of hydrogen-bond acceptors (Lipinski definition) is 5. The first-order valence-corrected chi connectivity index (χ1v) is 10.8. The van der Waals surface area contributed by atoms with Gasteiger partial charge in [-0.05, 0) is 25.8 Å². The first-order valence-electron chi connectivity index (χ1n) is 10.8. The second-order valence-electron chi connectivity index (χ2n) is 8.80. The molecular formula is C21H34N4O3. The zero-order valence-corrected chi connectivity index (χ0v) is 17.1. The molecule has 1 saturated carbocycles. The molecule has 0 bridgehead atoms. The highest BCUT2D eigenvalue weighted by Gasteiger charge is 2.40. The molecule has 2 heterocycles. The maximum Gasteiger partial charge on any atom is 0.224 e. The van der Waals surface area contributed by atoms with E-state index in [2.05, 4.69) is 16.3 Å². The van der Waals surface area contributed by atoms with E-state index in [9.17, 15) is 14.9 Å². The SMILES string of the molecule is CN1CC[C@@](C#N)(NC(=O)[C@@H](CC(=O)N2CCOCC2)CC2CCCCC2)C1. The molecule has 0 aromatic heterocycles. The Hall–Kier alpha value is -1.65. The molecule has 0 spiro atoms. The van der Waals surface area contributed by atoms with Crippen molar-refractivity contribution in [3.05, 3.63) is 0 Å². The third kappa shape index (κ3) is 5.45. The summed E-state index contributed by atoms with van der Waals surface area (Å²) in [5.74, 6) is 0.0682. The fourth-order valence-corrected chi connectivity index (χ4v) is 4.82. The molecule has 2 aliphatic heterocycles. The number of nitrogens with zero attached hydrogens (tertiary/aromatic N) is 3. The summed E-state index contributed by atoms with van der Waals surface area (Å²) in [4.78, 5) is 29.9. The van der Waals surface area contributed by atoms with E-state index in [0.29, 0.717) is 45.2 Å². The molecule has 28 heavy (non-hydrogen) atoms. The Morgan fingerprint density at radius 2 is 1.93 bits per heavy atom. The van der Waals surface area contributed by atoms with Crippen LogP contribution in [0.3, 0.4) is 0 Å². The van der Waals surface area contributed by atoms with Crippen LogP contribution in [0.5, 0.6) is 0 Å². The van der Waals surface area contributed by atoms with Crippen molar-refractivity contribution in [2.24, 2.45) is 11.8 Å². The second-order valence-corrected chi connectivity index (χ2v) is 8.80. The van der Waals surface area contributed by atoms with Gasteiger partial charge in [0.2, 0.25) is 11.8 Å². The van der Waals surface area contributed by atoms with Crippen molar-refractivity contribution in [1.29, 1.82) is 5.26 Å². The van der Waals surface area contributed by atoms with E-state index >= 15 is 0 Å². The van der Waals surface area contributed by atoms with Gasteiger partial charge in [0, 0.05) is 38.5 Å². The van der Waals surface area contributed by atoms with Gasteiger partial charge in [0.25, 0.3) is 0 Å². The number of rotatable bonds is 6. The van der Waals surface area contributed by atoms with E-state index in [4.69, 9.17) is 4.74 Å². The minimum Gasteiger partial charge on any atom is -0.378 e. The smallest absolute Gasteiger partial charge is 0.224 e. The minimum absolute atomic E-state index is 0.0359. The van der Waals surface area contributed by atoms with Crippen LogP contribution in [-0.4, -0.2) is 73.6 Å². The van der Waals surface area contributed by atoms with Crippen molar-refractivity contribution in [1.82, 2.24) is 15.1 Å². The van der Waals surface area contributed by atoms with Crippen molar-refractivity contribution < 1.29 is 14.3 Å². The predicted octanol–water partition coefficient (Wildman–Crippen LogP) is 1.54. The minimum atomic E-state index is -0.821. The Balaban J connectivity index is 1.66. The number of likely N-dealkylation sites (tertiary alicyclic amines) is 1. The lowest BCUT2D eigenvalue weighted by atomic mass is 9.81. The van der Waals surface area contributed by atoms with Crippen LogP contribution in [0.25, 0.3) is 0 Å². The fourth-order valence-electron chi connectivity index (χ4n) is 4.82. The summed E-state index contributed by atoms with van der Waals surface area (Å²) in [6, 6.07) is 2.33. The van der Waals surface area contributed by atoms with Gasteiger partial charge in [0.05, 0.1) is 19.3 Å². The van der Waals surface area contributed by atoms with Gasteiger partial charge >= 0.3 is 0 Å². The molecule has 7 heteroatoms. The first kappa shape index (κ1) is 21.1. The van der Waals surface area contributed by atoms with E-state index in [1.165, 1.54) is 19.3 Å². The van der Waals surface area contributed by atoms with Crippen LogP contribution >= 0.6 is 0 Å². The Morgan fingerprint density at radius 1 is 1.21 bits per heavy atom. The number of nitrogens with one attached hydrogen (secondary N) is 1. The highest BCUT2D eigenvalue weighted by molar-refractivity contribution is 5.86. The quantitative estimate of drug-likeness (QED) is 0.743. The topological polar surface area (TPSA) is 85.7 Å². The van der Waals surface area contributed by atoms with Gasteiger partial charge in [-0.25, -0.2) is 0 Å². The molecule has 2 amide bonds. The molecule has 0 aromatic carbocycles. The molecule has 2 saturated heterocycles. The summed E-state index contributed by atoms with van der Waals surface area (Å²) in [5.41, 5.74) is -0.821.